The maximum atomic E-state index is 12.2. The topological polar surface area (TPSA) is 53.5 Å². The van der Waals surface area contributed by atoms with Crippen molar-refractivity contribution in [1.82, 2.24) is 10.6 Å². The number of aliphatic hydroxyl groups is 1. The van der Waals surface area contributed by atoms with Gasteiger partial charge in [-0.2, -0.15) is 13.2 Å². The van der Waals surface area contributed by atoms with Crippen LogP contribution in [0.5, 0.6) is 5.75 Å². The van der Waals surface area contributed by atoms with Gasteiger partial charge in [-0.1, -0.05) is 18.7 Å². The first-order valence-corrected chi connectivity index (χ1v) is 8.51. The van der Waals surface area contributed by atoms with Gasteiger partial charge in [0, 0.05) is 18.4 Å². The van der Waals surface area contributed by atoms with E-state index < -0.39 is 12.8 Å². The van der Waals surface area contributed by atoms with E-state index in [9.17, 15) is 18.3 Å². The Morgan fingerprint density at radius 1 is 1.26 bits per heavy atom. The van der Waals surface area contributed by atoms with Crippen molar-refractivity contribution in [2.45, 2.75) is 25.6 Å². The fraction of sp³-hybridized carbons (Fsp3) is 0.300. The highest BCUT2D eigenvalue weighted by Gasteiger charge is 2.28. The number of benzene rings is 1. The van der Waals surface area contributed by atoms with Gasteiger partial charge in [-0.15, -0.1) is 0 Å². The van der Waals surface area contributed by atoms with Gasteiger partial charge < -0.3 is 20.5 Å². The molecule has 0 saturated carbocycles. The molecule has 3 N–H and O–H groups in total. The molecule has 0 atom stereocenters. The number of ether oxygens (including phenoxy) is 1. The van der Waals surface area contributed by atoms with E-state index in [1.54, 1.807) is 30.4 Å². The maximum Gasteiger partial charge on any atom is 0.422 e. The van der Waals surface area contributed by atoms with Crippen LogP contribution in [0.3, 0.4) is 0 Å². The SMILES string of the molecule is C=C1/C=C\C(O)=C/C/C(CCNCc2cccc(OCC(F)(F)F)c2)=C\N1. The molecule has 1 aliphatic rings. The predicted molar refractivity (Wildman–Crippen MR) is 99.1 cm³/mol. The average Bonchev–Trinajstić information content (AvgIpc) is 2.69. The zero-order valence-corrected chi connectivity index (χ0v) is 14.9. The fourth-order valence-corrected chi connectivity index (χ4v) is 2.36. The fourth-order valence-electron chi connectivity index (χ4n) is 2.36. The average molecular weight is 380 g/mol. The minimum atomic E-state index is -4.35. The maximum absolute atomic E-state index is 12.2. The number of halogens is 3. The molecule has 7 heteroatoms. The predicted octanol–water partition coefficient (Wildman–Crippen LogP) is 4.50. The summed E-state index contributed by atoms with van der Waals surface area (Å²) < 4.78 is 41.4. The molecule has 0 amide bonds. The van der Waals surface area contributed by atoms with Crippen LogP contribution in [0.15, 0.2) is 72.3 Å². The minimum absolute atomic E-state index is 0.189. The molecule has 0 bridgehead atoms. The molecule has 0 unspecified atom stereocenters. The van der Waals surface area contributed by atoms with E-state index in [2.05, 4.69) is 17.2 Å². The molecule has 0 aromatic heterocycles. The molecule has 1 aromatic carbocycles. The van der Waals surface area contributed by atoms with Crippen LogP contribution >= 0.6 is 0 Å². The number of nitrogens with one attached hydrogen (secondary N) is 2. The summed E-state index contributed by atoms with van der Waals surface area (Å²) in [6.45, 7) is 3.71. The van der Waals surface area contributed by atoms with Gasteiger partial charge in [0.25, 0.3) is 0 Å². The molecule has 0 aliphatic carbocycles. The zero-order chi connectivity index (χ0) is 19.7. The molecule has 27 heavy (non-hydrogen) atoms. The van der Waals surface area contributed by atoms with Crippen LogP contribution < -0.4 is 15.4 Å². The van der Waals surface area contributed by atoms with Crippen LogP contribution in [0, 0.1) is 0 Å². The lowest BCUT2D eigenvalue weighted by atomic mass is 10.1. The number of hydrogen-bond donors (Lipinski definition) is 3. The van der Waals surface area contributed by atoms with E-state index in [1.807, 2.05) is 12.3 Å². The molecule has 0 fully saturated rings. The molecule has 4 nitrogen and oxygen atoms in total. The largest absolute Gasteiger partial charge is 0.508 e. The summed E-state index contributed by atoms with van der Waals surface area (Å²) in [5.41, 5.74) is 2.60. The van der Waals surface area contributed by atoms with Crippen LogP contribution in [-0.2, 0) is 6.54 Å². The van der Waals surface area contributed by atoms with E-state index in [0.717, 1.165) is 17.6 Å². The van der Waals surface area contributed by atoms with E-state index in [4.69, 9.17) is 4.74 Å². The Balaban J connectivity index is 1.80. The highest BCUT2D eigenvalue weighted by molar-refractivity contribution is 5.29. The van der Waals surface area contributed by atoms with Gasteiger partial charge >= 0.3 is 6.18 Å². The normalized spacial score (nSPS) is 20.2. The number of hydrogen-bond acceptors (Lipinski definition) is 4. The second kappa shape index (κ2) is 9.87. The summed E-state index contributed by atoms with van der Waals surface area (Å²) in [4.78, 5) is 0. The molecule has 0 saturated heterocycles. The van der Waals surface area contributed by atoms with Gasteiger partial charge in [0.15, 0.2) is 6.61 Å². The first-order valence-electron chi connectivity index (χ1n) is 8.51. The second-order valence-electron chi connectivity index (χ2n) is 6.12. The third-order valence-electron chi connectivity index (χ3n) is 3.74. The Labute approximate surface area is 156 Å². The van der Waals surface area contributed by atoms with Gasteiger partial charge in [-0.05, 0) is 60.9 Å². The molecular weight excluding hydrogens is 357 g/mol. The molecule has 1 heterocycles. The van der Waals surface area contributed by atoms with Crippen LogP contribution in [0.1, 0.15) is 18.4 Å². The Morgan fingerprint density at radius 3 is 2.85 bits per heavy atom. The summed E-state index contributed by atoms with van der Waals surface area (Å²) in [5.74, 6) is 0.385. The lowest BCUT2D eigenvalue weighted by molar-refractivity contribution is -0.153. The van der Waals surface area contributed by atoms with Crippen molar-refractivity contribution in [3.63, 3.8) is 0 Å². The Hall–Kier alpha value is -2.67. The quantitative estimate of drug-likeness (QED) is 0.610. The molecule has 0 spiro atoms. The van der Waals surface area contributed by atoms with Gasteiger partial charge in [-0.3, -0.25) is 0 Å². The summed E-state index contributed by atoms with van der Waals surface area (Å²) in [6.07, 6.45) is 3.87. The van der Waals surface area contributed by atoms with Crippen LogP contribution in [0.4, 0.5) is 13.2 Å². The monoisotopic (exact) mass is 380 g/mol. The molecule has 0 radical (unpaired) electrons. The molecule has 1 aromatic rings. The summed E-state index contributed by atoms with van der Waals surface area (Å²) >= 11 is 0. The Morgan fingerprint density at radius 2 is 2.07 bits per heavy atom. The number of aliphatic hydroxyl groups excluding tert-OH is 1. The van der Waals surface area contributed by atoms with E-state index in [-0.39, 0.29) is 11.5 Å². The molecule has 146 valence electrons. The van der Waals surface area contributed by atoms with E-state index in [1.165, 1.54) is 6.07 Å². The molecule has 1 aliphatic heterocycles. The van der Waals surface area contributed by atoms with Crippen molar-refractivity contribution in [1.29, 1.82) is 0 Å². The van der Waals surface area contributed by atoms with Crippen molar-refractivity contribution in [2.75, 3.05) is 13.2 Å². The van der Waals surface area contributed by atoms with E-state index in [0.29, 0.717) is 25.2 Å². The van der Waals surface area contributed by atoms with Gasteiger partial charge in [0.05, 0.1) is 0 Å². The van der Waals surface area contributed by atoms with Crippen molar-refractivity contribution < 1.29 is 23.0 Å². The Bertz CT molecular complexity index is 737. The first-order chi connectivity index (χ1) is 12.8. The van der Waals surface area contributed by atoms with Crippen LogP contribution in [0.25, 0.3) is 0 Å². The minimum Gasteiger partial charge on any atom is -0.508 e. The van der Waals surface area contributed by atoms with E-state index >= 15 is 0 Å². The van der Waals surface area contributed by atoms with Gasteiger partial charge in [-0.25, -0.2) is 0 Å². The molecule has 2 rings (SSSR count). The highest BCUT2D eigenvalue weighted by Crippen LogP contribution is 2.19. The highest BCUT2D eigenvalue weighted by atomic mass is 19.4. The lowest BCUT2D eigenvalue weighted by Gasteiger charge is -2.11. The third-order valence-corrected chi connectivity index (χ3v) is 3.74. The van der Waals surface area contributed by atoms with Gasteiger partial charge in [0.2, 0.25) is 0 Å². The van der Waals surface area contributed by atoms with Gasteiger partial charge in [0.1, 0.15) is 11.5 Å². The first kappa shape index (κ1) is 20.6. The smallest absolute Gasteiger partial charge is 0.422 e. The second-order valence-corrected chi connectivity index (χ2v) is 6.12. The van der Waals surface area contributed by atoms with Crippen molar-refractivity contribution >= 4 is 0 Å². The van der Waals surface area contributed by atoms with Crippen molar-refractivity contribution in [2.24, 2.45) is 0 Å². The van der Waals surface area contributed by atoms with Crippen molar-refractivity contribution in [3.05, 3.63) is 77.9 Å². The van der Waals surface area contributed by atoms with Crippen LogP contribution in [-0.4, -0.2) is 24.4 Å². The molecular formula is C20H23F3N2O2. The number of alkyl halides is 3. The lowest BCUT2D eigenvalue weighted by Crippen LogP contribution is -2.19. The summed E-state index contributed by atoms with van der Waals surface area (Å²) in [7, 11) is 0. The van der Waals surface area contributed by atoms with Crippen LogP contribution in [0.2, 0.25) is 0 Å². The number of allylic oxidation sites excluding steroid dienone is 3. The third kappa shape index (κ3) is 8.50. The zero-order valence-electron chi connectivity index (χ0n) is 14.9. The summed E-state index contributed by atoms with van der Waals surface area (Å²) in [5, 5.41) is 16.0. The summed E-state index contributed by atoms with van der Waals surface area (Å²) in [6, 6.07) is 6.59. The Kier molecular flexibility index (Phi) is 7.55. The standard InChI is InChI=1S/C20H23F3N2O2/c1-15-5-7-18(26)8-6-16(13-25-15)9-10-24-12-17-3-2-4-19(11-17)27-14-20(21,22)23/h2-5,7-8,11,13,24-26H,1,6,9-10,12,14H2/b7-5-,16-13+,18-8+. The van der Waals surface area contributed by atoms with Crippen molar-refractivity contribution in [3.8, 4) is 5.75 Å². The number of rotatable bonds is 7.